The summed E-state index contributed by atoms with van der Waals surface area (Å²) >= 11 is 0. The molecule has 0 saturated heterocycles. The number of rotatable bonds is 0. The molecular weight excluding hydrogens is 224 g/mol. The highest BCUT2D eigenvalue weighted by Crippen LogP contribution is 2.14. The summed E-state index contributed by atoms with van der Waals surface area (Å²) in [6, 6.07) is 3.66. The van der Waals surface area contributed by atoms with Crippen LogP contribution in [0, 0.1) is 34.4 Å². The van der Waals surface area contributed by atoms with Gasteiger partial charge in [0.05, 0.1) is 0 Å². The first-order valence-corrected chi connectivity index (χ1v) is 8.26. The SMILES string of the molecule is C[Si](C)(C)C#Cc1cc(F)c(C#N)c(F)c1. The molecule has 0 spiro atoms. The average Bonchev–Trinajstić information content (AvgIpc) is 2.13. The van der Waals surface area contributed by atoms with Crippen LogP contribution in [-0.4, -0.2) is 8.07 Å². The van der Waals surface area contributed by atoms with Gasteiger partial charge in [-0.2, -0.15) is 5.26 Å². The largest absolute Gasteiger partial charge is 0.205 e. The van der Waals surface area contributed by atoms with Crippen LogP contribution in [0.2, 0.25) is 19.6 Å². The summed E-state index contributed by atoms with van der Waals surface area (Å²) in [7, 11) is -1.57. The van der Waals surface area contributed by atoms with E-state index in [-0.39, 0.29) is 5.56 Å². The van der Waals surface area contributed by atoms with E-state index in [9.17, 15) is 8.78 Å². The van der Waals surface area contributed by atoms with Gasteiger partial charge in [-0.1, -0.05) is 25.6 Å². The molecule has 0 fully saturated rings. The maximum Gasteiger partial charge on any atom is 0.145 e. The van der Waals surface area contributed by atoms with E-state index in [0.29, 0.717) is 0 Å². The fraction of sp³-hybridized carbons (Fsp3) is 0.250. The first-order valence-electron chi connectivity index (χ1n) is 4.76. The van der Waals surface area contributed by atoms with E-state index in [1.165, 1.54) is 6.07 Å². The van der Waals surface area contributed by atoms with Crippen molar-refractivity contribution in [3.05, 3.63) is 34.9 Å². The molecule has 0 aromatic heterocycles. The Hall–Kier alpha value is -1.65. The highest BCUT2D eigenvalue weighted by atomic mass is 28.3. The number of hydrogen-bond acceptors (Lipinski definition) is 1. The summed E-state index contributed by atoms with van der Waals surface area (Å²) in [5.41, 5.74) is 2.72. The second-order valence-corrected chi connectivity index (χ2v) is 9.18. The van der Waals surface area contributed by atoms with Gasteiger partial charge < -0.3 is 0 Å². The lowest BCUT2D eigenvalue weighted by Gasteiger charge is -2.03. The summed E-state index contributed by atoms with van der Waals surface area (Å²) in [5.74, 6) is 1.02. The Labute approximate surface area is 94.7 Å². The highest BCUT2D eigenvalue weighted by Gasteiger charge is 2.11. The third-order valence-electron chi connectivity index (χ3n) is 1.74. The van der Waals surface area contributed by atoms with Gasteiger partial charge in [0, 0.05) is 5.56 Å². The van der Waals surface area contributed by atoms with Crippen molar-refractivity contribution in [2.45, 2.75) is 19.6 Å². The number of halogens is 2. The zero-order valence-electron chi connectivity index (χ0n) is 9.36. The van der Waals surface area contributed by atoms with Gasteiger partial charge >= 0.3 is 0 Å². The topological polar surface area (TPSA) is 23.8 Å². The summed E-state index contributed by atoms with van der Waals surface area (Å²) in [4.78, 5) is 0. The monoisotopic (exact) mass is 235 g/mol. The Bertz CT molecular complexity index is 490. The molecule has 1 aromatic carbocycles. The van der Waals surface area contributed by atoms with Crippen molar-refractivity contribution in [1.82, 2.24) is 0 Å². The van der Waals surface area contributed by atoms with Gasteiger partial charge in [0.25, 0.3) is 0 Å². The van der Waals surface area contributed by atoms with E-state index >= 15 is 0 Å². The molecule has 1 aromatic rings. The molecule has 0 radical (unpaired) electrons. The second-order valence-electron chi connectivity index (χ2n) is 4.43. The number of nitriles is 1. The molecule has 0 aliphatic carbocycles. The molecule has 0 unspecified atom stereocenters. The molecule has 4 heteroatoms. The van der Waals surface area contributed by atoms with Crippen molar-refractivity contribution < 1.29 is 8.78 Å². The summed E-state index contributed by atoms with van der Waals surface area (Å²) < 4.78 is 26.4. The minimum Gasteiger partial charge on any atom is -0.205 e. The quantitative estimate of drug-likeness (QED) is 0.501. The normalized spacial score (nSPS) is 10.2. The van der Waals surface area contributed by atoms with E-state index in [1.54, 1.807) is 0 Å². The average molecular weight is 235 g/mol. The van der Waals surface area contributed by atoms with Gasteiger partial charge in [0.1, 0.15) is 31.3 Å². The first kappa shape index (κ1) is 12.4. The van der Waals surface area contributed by atoms with Gasteiger partial charge in [0.15, 0.2) is 0 Å². The summed E-state index contributed by atoms with van der Waals surface area (Å²) in [5, 5.41) is 8.49. The lowest BCUT2D eigenvalue weighted by atomic mass is 10.1. The van der Waals surface area contributed by atoms with E-state index in [2.05, 4.69) is 11.5 Å². The Morgan fingerprint density at radius 1 is 1.12 bits per heavy atom. The van der Waals surface area contributed by atoms with Crippen LogP contribution in [-0.2, 0) is 0 Å². The van der Waals surface area contributed by atoms with Crippen LogP contribution < -0.4 is 0 Å². The molecule has 82 valence electrons. The predicted molar refractivity (Wildman–Crippen MR) is 61.3 cm³/mol. The number of nitrogens with zero attached hydrogens (tertiary/aromatic N) is 1. The van der Waals surface area contributed by atoms with Crippen LogP contribution in [0.15, 0.2) is 12.1 Å². The predicted octanol–water partition coefficient (Wildman–Crippen LogP) is 3.07. The standard InChI is InChI=1S/C12H11F2NSi/c1-16(2,3)5-4-9-6-11(13)10(8-15)12(14)7-9/h6-7H,1-3H3. The van der Waals surface area contributed by atoms with Crippen LogP contribution in [0.4, 0.5) is 8.78 Å². The van der Waals surface area contributed by atoms with E-state index in [4.69, 9.17) is 5.26 Å². The van der Waals surface area contributed by atoms with Crippen molar-refractivity contribution in [3.8, 4) is 17.5 Å². The summed E-state index contributed by atoms with van der Waals surface area (Å²) in [6.07, 6.45) is 0. The van der Waals surface area contributed by atoms with Crippen molar-refractivity contribution in [2.24, 2.45) is 0 Å². The Morgan fingerprint density at radius 2 is 1.62 bits per heavy atom. The number of hydrogen-bond donors (Lipinski definition) is 0. The van der Waals surface area contributed by atoms with Crippen LogP contribution in [0.1, 0.15) is 11.1 Å². The smallest absolute Gasteiger partial charge is 0.145 e. The molecule has 0 atom stereocenters. The molecule has 1 rings (SSSR count). The fourth-order valence-corrected chi connectivity index (χ4v) is 1.53. The lowest BCUT2D eigenvalue weighted by Crippen LogP contribution is -2.16. The minimum atomic E-state index is -1.57. The van der Waals surface area contributed by atoms with Gasteiger partial charge in [-0.3, -0.25) is 0 Å². The maximum atomic E-state index is 13.2. The Balaban J connectivity index is 3.20. The van der Waals surface area contributed by atoms with Crippen molar-refractivity contribution in [3.63, 3.8) is 0 Å². The van der Waals surface area contributed by atoms with Crippen molar-refractivity contribution >= 4 is 8.07 Å². The van der Waals surface area contributed by atoms with Crippen molar-refractivity contribution in [1.29, 1.82) is 5.26 Å². The highest BCUT2D eigenvalue weighted by molar-refractivity contribution is 6.83. The Kier molecular flexibility index (Phi) is 3.47. The van der Waals surface area contributed by atoms with E-state index in [1.807, 2.05) is 19.6 Å². The van der Waals surface area contributed by atoms with Crippen LogP contribution in [0.5, 0.6) is 0 Å². The summed E-state index contributed by atoms with van der Waals surface area (Å²) in [6.45, 7) is 6.11. The molecule has 0 N–H and O–H groups in total. The maximum absolute atomic E-state index is 13.2. The molecule has 0 aliphatic heterocycles. The minimum absolute atomic E-state index is 0.274. The van der Waals surface area contributed by atoms with Gasteiger partial charge in [-0.05, 0) is 12.1 Å². The van der Waals surface area contributed by atoms with Crippen LogP contribution in [0.25, 0.3) is 0 Å². The van der Waals surface area contributed by atoms with Gasteiger partial charge in [-0.15, -0.1) is 5.54 Å². The molecule has 0 saturated carbocycles. The zero-order valence-corrected chi connectivity index (χ0v) is 10.4. The van der Waals surface area contributed by atoms with E-state index in [0.717, 1.165) is 12.1 Å². The second kappa shape index (κ2) is 4.47. The molecular formula is C12H11F2NSi. The Morgan fingerprint density at radius 3 is 2.00 bits per heavy atom. The molecule has 0 aliphatic rings. The fourth-order valence-electron chi connectivity index (χ4n) is 1.01. The van der Waals surface area contributed by atoms with E-state index < -0.39 is 25.3 Å². The van der Waals surface area contributed by atoms with Crippen LogP contribution >= 0.6 is 0 Å². The molecule has 0 heterocycles. The first-order chi connectivity index (χ1) is 7.33. The third kappa shape index (κ3) is 3.18. The van der Waals surface area contributed by atoms with Gasteiger partial charge in [-0.25, -0.2) is 8.78 Å². The number of benzene rings is 1. The molecule has 0 amide bonds. The lowest BCUT2D eigenvalue weighted by molar-refractivity contribution is 0.576. The molecule has 0 bridgehead atoms. The zero-order chi connectivity index (χ0) is 12.3. The molecule has 1 nitrogen and oxygen atoms in total. The van der Waals surface area contributed by atoms with Crippen LogP contribution in [0.3, 0.4) is 0 Å². The third-order valence-corrected chi connectivity index (χ3v) is 2.61. The molecule has 16 heavy (non-hydrogen) atoms. The van der Waals surface area contributed by atoms with Crippen molar-refractivity contribution in [2.75, 3.05) is 0 Å². The van der Waals surface area contributed by atoms with Gasteiger partial charge in [0.2, 0.25) is 0 Å².